The minimum atomic E-state index is 0.0503. The second kappa shape index (κ2) is 9.88. The summed E-state index contributed by atoms with van der Waals surface area (Å²) in [6.45, 7) is 0.508. The van der Waals surface area contributed by atoms with Crippen LogP contribution in [0.5, 0.6) is 5.75 Å². The number of nitrogens with zero attached hydrogens (tertiary/aromatic N) is 1. The van der Waals surface area contributed by atoms with Crippen LogP contribution in [0.3, 0.4) is 0 Å². The molecule has 0 unspecified atom stereocenters. The molecule has 0 aliphatic rings. The van der Waals surface area contributed by atoms with Crippen molar-refractivity contribution in [1.82, 2.24) is 4.98 Å². The number of carbonyl (C=O) groups is 1. The molecule has 2 aromatic carbocycles. The first-order valence-corrected chi connectivity index (χ1v) is 8.84. The average molecular weight is 355 g/mol. The third-order valence-electron chi connectivity index (χ3n) is 3.90. The number of carbonyl (C=O) groups excluding carboxylic acids is 1. The third kappa shape index (κ3) is 6.40. The Morgan fingerprint density at radius 3 is 2.41 bits per heavy atom. The Labute approximate surface area is 159 Å². The first-order chi connectivity index (χ1) is 13.3. The molecule has 0 spiro atoms. The van der Waals surface area contributed by atoms with Crippen molar-refractivity contribution in [2.45, 2.75) is 6.42 Å². The van der Waals surface area contributed by atoms with Crippen LogP contribution in [-0.2, 0) is 11.2 Å². The molecular weight excluding hydrogens is 334 g/mol. The molecule has 0 saturated heterocycles. The largest absolute Gasteiger partial charge is 0.490 e. The van der Waals surface area contributed by atoms with E-state index < -0.39 is 0 Å². The van der Waals surface area contributed by atoms with E-state index >= 15 is 0 Å². The van der Waals surface area contributed by atoms with Crippen molar-refractivity contribution >= 4 is 17.9 Å². The van der Waals surface area contributed by atoms with Gasteiger partial charge in [-0.25, -0.2) is 0 Å². The number of rotatable bonds is 8. The summed E-state index contributed by atoms with van der Waals surface area (Å²) in [6, 6.07) is 21.5. The highest BCUT2D eigenvalue weighted by Gasteiger charge is 1.99. The molecule has 0 aliphatic heterocycles. The zero-order valence-electron chi connectivity index (χ0n) is 15.0. The summed E-state index contributed by atoms with van der Waals surface area (Å²) in [5.41, 5.74) is 3.03. The SMILES string of the molecule is O=C(C=Cc1ccc(OCC=Cc2ccccc2)cc1)Cc1cccnc1. The van der Waals surface area contributed by atoms with Gasteiger partial charge in [0.2, 0.25) is 0 Å². The van der Waals surface area contributed by atoms with Crippen molar-refractivity contribution in [1.29, 1.82) is 0 Å². The normalized spacial score (nSPS) is 11.1. The van der Waals surface area contributed by atoms with E-state index in [4.69, 9.17) is 4.74 Å². The van der Waals surface area contributed by atoms with Gasteiger partial charge in [-0.05, 0) is 47.0 Å². The Morgan fingerprint density at radius 1 is 0.889 bits per heavy atom. The van der Waals surface area contributed by atoms with E-state index in [-0.39, 0.29) is 5.78 Å². The van der Waals surface area contributed by atoms with Crippen molar-refractivity contribution in [2.75, 3.05) is 6.61 Å². The molecule has 3 heteroatoms. The zero-order chi connectivity index (χ0) is 18.7. The lowest BCUT2D eigenvalue weighted by molar-refractivity contribution is -0.113. The van der Waals surface area contributed by atoms with E-state index in [1.165, 1.54) is 0 Å². The molecule has 27 heavy (non-hydrogen) atoms. The van der Waals surface area contributed by atoms with Crippen LogP contribution in [0.2, 0.25) is 0 Å². The highest BCUT2D eigenvalue weighted by Crippen LogP contribution is 2.14. The van der Waals surface area contributed by atoms with E-state index in [2.05, 4.69) is 4.98 Å². The van der Waals surface area contributed by atoms with Crippen molar-refractivity contribution < 1.29 is 9.53 Å². The smallest absolute Gasteiger partial charge is 0.160 e. The van der Waals surface area contributed by atoms with Gasteiger partial charge in [-0.15, -0.1) is 0 Å². The molecule has 3 rings (SSSR count). The third-order valence-corrected chi connectivity index (χ3v) is 3.90. The number of pyridine rings is 1. The molecule has 0 aliphatic carbocycles. The molecule has 0 bridgehead atoms. The fourth-order valence-electron chi connectivity index (χ4n) is 2.52. The van der Waals surface area contributed by atoms with Gasteiger partial charge in [0.25, 0.3) is 0 Å². The van der Waals surface area contributed by atoms with Crippen molar-refractivity contribution in [3.05, 3.63) is 108 Å². The molecule has 3 aromatic rings. The van der Waals surface area contributed by atoms with Gasteiger partial charge in [-0.1, -0.05) is 60.7 Å². The van der Waals surface area contributed by atoms with Crippen LogP contribution in [0.1, 0.15) is 16.7 Å². The number of hydrogen-bond acceptors (Lipinski definition) is 3. The zero-order valence-corrected chi connectivity index (χ0v) is 15.0. The van der Waals surface area contributed by atoms with Crippen LogP contribution in [0.25, 0.3) is 12.2 Å². The number of aromatic nitrogens is 1. The standard InChI is InChI=1S/C24H21NO2/c26-23(18-22-8-4-16-25-19-22)13-10-21-11-14-24(15-12-21)27-17-5-9-20-6-2-1-3-7-20/h1-16,19H,17-18H2. The second-order valence-electron chi connectivity index (χ2n) is 6.03. The van der Waals surface area contributed by atoms with E-state index in [0.717, 1.165) is 22.4 Å². The van der Waals surface area contributed by atoms with Crippen LogP contribution in [0.4, 0.5) is 0 Å². The van der Waals surface area contributed by atoms with Gasteiger partial charge in [0.05, 0.1) is 0 Å². The topological polar surface area (TPSA) is 39.2 Å². The summed E-state index contributed by atoms with van der Waals surface area (Å²) in [7, 11) is 0. The fraction of sp³-hybridized carbons (Fsp3) is 0.0833. The van der Waals surface area contributed by atoms with E-state index in [1.807, 2.05) is 85.0 Å². The number of allylic oxidation sites excluding steroid dienone is 1. The Kier molecular flexibility index (Phi) is 6.71. The summed E-state index contributed by atoms with van der Waals surface area (Å²) < 4.78 is 5.70. The van der Waals surface area contributed by atoms with Gasteiger partial charge in [-0.3, -0.25) is 9.78 Å². The molecule has 0 N–H and O–H groups in total. The molecule has 0 fully saturated rings. The monoisotopic (exact) mass is 355 g/mol. The second-order valence-corrected chi connectivity index (χ2v) is 6.03. The van der Waals surface area contributed by atoms with Gasteiger partial charge in [0.15, 0.2) is 5.78 Å². The van der Waals surface area contributed by atoms with Crippen LogP contribution in [0, 0.1) is 0 Å². The molecule has 1 aromatic heterocycles. The lowest BCUT2D eigenvalue weighted by Crippen LogP contribution is -1.98. The minimum Gasteiger partial charge on any atom is -0.490 e. The molecule has 0 amide bonds. The van der Waals surface area contributed by atoms with Gasteiger partial charge < -0.3 is 4.74 Å². The number of ether oxygens (including phenoxy) is 1. The van der Waals surface area contributed by atoms with Crippen LogP contribution in [-0.4, -0.2) is 17.4 Å². The summed E-state index contributed by atoms with van der Waals surface area (Å²) in [6.07, 6.45) is 11.2. The molecule has 0 saturated carbocycles. The van der Waals surface area contributed by atoms with Gasteiger partial charge in [0.1, 0.15) is 12.4 Å². The first kappa shape index (κ1) is 18.3. The number of benzene rings is 2. The summed E-state index contributed by atoms with van der Waals surface area (Å²) >= 11 is 0. The maximum Gasteiger partial charge on any atom is 0.160 e. The minimum absolute atomic E-state index is 0.0503. The van der Waals surface area contributed by atoms with Crippen LogP contribution >= 0.6 is 0 Å². The van der Waals surface area contributed by atoms with Crippen molar-refractivity contribution in [2.24, 2.45) is 0 Å². The Bertz CT molecular complexity index is 898. The predicted octanol–water partition coefficient (Wildman–Crippen LogP) is 5.00. The van der Waals surface area contributed by atoms with E-state index in [0.29, 0.717) is 13.0 Å². The Hall–Kier alpha value is -3.46. The summed E-state index contributed by atoms with van der Waals surface area (Å²) in [5.74, 6) is 0.848. The van der Waals surface area contributed by atoms with E-state index in [1.54, 1.807) is 18.5 Å². The van der Waals surface area contributed by atoms with Gasteiger partial charge in [-0.2, -0.15) is 0 Å². The van der Waals surface area contributed by atoms with Crippen molar-refractivity contribution in [3.8, 4) is 5.75 Å². The number of hydrogen-bond donors (Lipinski definition) is 0. The fourth-order valence-corrected chi connectivity index (χ4v) is 2.52. The maximum absolute atomic E-state index is 12.0. The maximum atomic E-state index is 12.0. The van der Waals surface area contributed by atoms with Gasteiger partial charge in [0, 0.05) is 18.8 Å². The summed E-state index contributed by atoms with van der Waals surface area (Å²) in [4.78, 5) is 16.0. The number of ketones is 1. The molecule has 3 nitrogen and oxygen atoms in total. The highest BCUT2D eigenvalue weighted by atomic mass is 16.5. The first-order valence-electron chi connectivity index (χ1n) is 8.84. The lowest BCUT2D eigenvalue weighted by Gasteiger charge is -2.03. The van der Waals surface area contributed by atoms with Crippen LogP contribution < -0.4 is 4.74 Å². The summed E-state index contributed by atoms with van der Waals surface area (Å²) in [5, 5.41) is 0. The van der Waals surface area contributed by atoms with Crippen LogP contribution in [0.15, 0.2) is 91.3 Å². The van der Waals surface area contributed by atoms with Crippen molar-refractivity contribution in [3.63, 3.8) is 0 Å². The molecule has 134 valence electrons. The quantitative estimate of drug-likeness (QED) is 0.534. The van der Waals surface area contributed by atoms with Gasteiger partial charge >= 0.3 is 0 Å². The molecular formula is C24H21NO2. The average Bonchev–Trinajstić information content (AvgIpc) is 2.72. The Morgan fingerprint density at radius 2 is 1.67 bits per heavy atom. The predicted molar refractivity (Wildman–Crippen MR) is 109 cm³/mol. The molecule has 0 atom stereocenters. The highest BCUT2D eigenvalue weighted by molar-refractivity contribution is 5.95. The molecule has 0 radical (unpaired) electrons. The lowest BCUT2D eigenvalue weighted by atomic mass is 10.1. The molecule has 1 heterocycles. The Balaban J connectivity index is 1.47. The van der Waals surface area contributed by atoms with E-state index in [9.17, 15) is 4.79 Å².